The quantitative estimate of drug-likeness (QED) is 0.637. The van der Waals surface area contributed by atoms with Gasteiger partial charge in [0.1, 0.15) is 3.70 Å². The van der Waals surface area contributed by atoms with E-state index < -0.39 is 11.7 Å². The van der Waals surface area contributed by atoms with Crippen molar-refractivity contribution in [3.8, 4) is 0 Å². The van der Waals surface area contributed by atoms with Crippen LogP contribution in [0.2, 0.25) is 0 Å². The molecular formula is C7H6F3IN2. The third-order valence-electron chi connectivity index (χ3n) is 1.45. The van der Waals surface area contributed by atoms with Crippen LogP contribution in [-0.2, 0) is 6.18 Å². The first kappa shape index (κ1) is 10.6. The van der Waals surface area contributed by atoms with Gasteiger partial charge in [0.2, 0.25) is 0 Å². The second-order valence-corrected chi connectivity index (χ2v) is 3.41. The predicted molar refractivity (Wildman–Crippen MR) is 51.5 cm³/mol. The van der Waals surface area contributed by atoms with E-state index in [1.165, 1.54) is 13.2 Å². The van der Waals surface area contributed by atoms with Crippen LogP contribution in [0.5, 0.6) is 0 Å². The first-order valence-electron chi connectivity index (χ1n) is 3.35. The molecule has 0 saturated carbocycles. The molecule has 0 aliphatic carbocycles. The van der Waals surface area contributed by atoms with Gasteiger partial charge in [-0.1, -0.05) is 0 Å². The lowest BCUT2D eigenvalue weighted by molar-refractivity contribution is -0.137. The van der Waals surface area contributed by atoms with Crippen LogP contribution in [0.1, 0.15) is 5.56 Å². The van der Waals surface area contributed by atoms with Crippen LogP contribution < -0.4 is 5.32 Å². The average Bonchev–Trinajstić information content (AvgIpc) is 2.03. The highest BCUT2D eigenvalue weighted by molar-refractivity contribution is 14.1. The Morgan fingerprint density at radius 2 is 2.08 bits per heavy atom. The van der Waals surface area contributed by atoms with Crippen LogP contribution in [0.25, 0.3) is 0 Å². The molecule has 0 spiro atoms. The standard InChI is InChI=1S/C7H6F3IN2/c1-12-5-3-13-6(11)2-4(5)7(8,9)10/h2-3,12H,1H3. The molecule has 0 aliphatic heterocycles. The normalized spacial score (nSPS) is 11.5. The largest absolute Gasteiger partial charge is 0.418 e. The van der Waals surface area contributed by atoms with Crippen LogP contribution >= 0.6 is 22.6 Å². The smallest absolute Gasteiger partial charge is 0.386 e. The maximum absolute atomic E-state index is 12.3. The second kappa shape index (κ2) is 3.69. The summed E-state index contributed by atoms with van der Waals surface area (Å²) >= 11 is 1.74. The third-order valence-corrected chi connectivity index (χ3v) is 2.04. The molecule has 0 aliphatic rings. The van der Waals surface area contributed by atoms with E-state index in [0.717, 1.165) is 6.07 Å². The molecule has 0 saturated heterocycles. The number of hydrogen-bond acceptors (Lipinski definition) is 2. The molecule has 0 amide bonds. The minimum absolute atomic E-state index is 0.00656. The summed E-state index contributed by atoms with van der Waals surface area (Å²) in [5, 5.41) is 2.44. The first-order valence-corrected chi connectivity index (χ1v) is 4.43. The molecule has 0 aromatic carbocycles. The van der Waals surface area contributed by atoms with Crippen LogP contribution in [-0.4, -0.2) is 12.0 Å². The first-order chi connectivity index (χ1) is 5.95. The summed E-state index contributed by atoms with van der Waals surface area (Å²) in [4.78, 5) is 3.75. The topological polar surface area (TPSA) is 24.9 Å². The third kappa shape index (κ3) is 2.45. The number of alkyl halides is 3. The van der Waals surface area contributed by atoms with E-state index in [2.05, 4.69) is 10.3 Å². The monoisotopic (exact) mass is 302 g/mol. The molecule has 0 radical (unpaired) electrons. The Bertz CT molecular complexity index is 311. The summed E-state index contributed by atoms with van der Waals surface area (Å²) in [5.74, 6) is 0. The van der Waals surface area contributed by atoms with E-state index in [4.69, 9.17) is 0 Å². The number of aromatic nitrogens is 1. The molecule has 2 nitrogen and oxygen atoms in total. The zero-order chi connectivity index (χ0) is 10.1. The number of pyridine rings is 1. The fourth-order valence-electron chi connectivity index (χ4n) is 0.864. The summed E-state index contributed by atoms with van der Waals surface area (Å²) in [6, 6.07) is 1.01. The Hall–Kier alpha value is -0.530. The zero-order valence-electron chi connectivity index (χ0n) is 6.61. The van der Waals surface area contributed by atoms with E-state index in [1.54, 1.807) is 22.6 Å². The second-order valence-electron chi connectivity index (χ2n) is 2.30. The lowest BCUT2D eigenvalue weighted by Crippen LogP contribution is -2.09. The molecule has 0 unspecified atom stereocenters. The van der Waals surface area contributed by atoms with Gasteiger partial charge in [-0.2, -0.15) is 13.2 Å². The Kier molecular flexibility index (Phi) is 2.99. The number of anilines is 1. The van der Waals surface area contributed by atoms with Crippen molar-refractivity contribution in [2.75, 3.05) is 12.4 Å². The van der Waals surface area contributed by atoms with Gasteiger partial charge in [-0.05, 0) is 28.7 Å². The molecule has 6 heteroatoms. The fraction of sp³-hybridized carbons (Fsp3) is 0.286. The van der Waals surface area contributed by atoms with Crippen molar-refractivity contribution >= 4 is 28.3 Å². The lowest BCUT2D eigenvalue weighted by Gasteiger charge is -2.11. The van der Waals surface area contributed by atoms with Crippen molar-refractivity contribution < 1.29 is 13.2 Å². The van der Waals surface area contributed by atoms with Gasteiger partial charge in [-0.25, -0.2) is 4.98 Å². The van der Waals surface area contributed by atoms with Crippen molar-refractivity contribution in [2.45, 2.75) is 6.18 Å². The number of nitrogens with one attached hydrogen (secondary N) is 1. The molecule has 13 heavy (non-hydrogen) atoms. The summed E-state index contributed by atoms with van der Waals surface area (Å²) in [6.45, 7) is 0. The fourth-order valence-corrected chi connectivity index (χ4v) is 1.31. The van der Waals surface area contributed by atoms with Crippen molar-refractivity contribution in [2.24, 2.45) is 0 Å². The van der Waals surface area contributed by atoms with Gasteiger partial charge in [0.25, 0.3) is 0 Å². The molecule has 1 N–H and O–H groups in total. The van der Waals surface area contributed by atoms with Gasteiger partial charge in [-0.3, -0.25) is 0 Å². The maximum Gasteiger partial charge on any atom is 0.418 e. The van der Waals surface area contributed by atoms with E-state index in [0.29, 0.717) is 3.70 Å². The molecule has 1 aromatic rings. The van der Waals surface area contributed by atoms with Crippen LogP contribution in [0.3, 0.4) is 0 Å². The zero-order valence-corrected chi connectivity index (χ0v) is 8.77. The summed E-state index contributed by atoms with van der Waals surface area (Å²) in [6.07, 6.45) is -3.16. The lowest BCUT2D eigenvalue weighted by atomic mass is 10.2. The van der Waals surface area contributed by atoms with Crippen LogP contribution in [0.15, 0.2) is 12.3 Å². The predicted octanol–water partition coefficient (Wildman–Crippen LogP) is 2.75. The van der Waals surface area contributed by atoms with Crippen LogP contribution in [0.4, 0.5) is 18.9 Å². The number of hydrogen-bond donors (Lipinski definition) is 1. The molecule has 0 atom stereocenters. The molecule has 1 rings (SSSR count). The van der Waals surface area contributed by atoms with Crippen molar-refractivity contribution in [3.05, 3.63) is 21.5 Å². The SMILES string of the molecule is CNc1cnc(I)cc1C(F)(F)F. The number of nitrogens with zero attached hydrogens (tertiary/aromatic N) is 1. The molecule has 0 bridgehead atoms. The van der Waals surface area contributed by atoms with Gasteiger partial charge < -0.3 is 5.32 Å². The molecule has 72 valence electrons. The average molecular weight is 302 g/mol. The van der Waals surface area contributed by atoms with Gasteiger partial charge >= 0.3 is 6.18 Å². The van der Waals surface area contributed by atoms with Gasteiger partial charge in [-0.15, -0.1) is 0 Å². The molecule has 1 aromatic heterocycles. The maximum atomic E-state index is 12.3. The summed E-state index contributed by atoms with van der Waals surface area (Å²) in [5.41, 5.74) is -0.692. The highest BCUT2D eigenvalue weighted by atomic mass is 127. The summed E-state index contributed by atoms with van der Waals surface area (Å²) < 4.78 is 37.4. The highest BCUT2D eigenvalue weighted by Crippen LogP contribution is 2.34. The van der Waals surface area contributed by atoms with Gasteiger partial charge in [0.05, 0.1) is 17.4 Å². The Morgan fingerprint density at radius 3 is 2.54 bits per heavy atom. The van der Waals surface area contributed by atoms with E-state index >= 15 is 0 Å². The Morgan fingerprint density at radius 1 is 1.46 bits per heavy atom. The van der Waals surface area contributed by atoms with Crippen LogP contribution in [0, 0.1) is 3.70 Å². The molecule has 0 fully saturated rings. The van der Waals surface area contributed by atoms with Crippen molar-refractivity contribution in [1.29, 1.82) is 0 Å². The minimum atomic E-state index is -4.33. The Balaban J connectivity index is 3.24. The van der Waals surface area contributed by atoms with Gasteiger partial charge in [0.15, 0.2) is 0 Å². The minimum Gasteiger partial charge on any atom is -0.386 e. The molecular weight excluding hydrogens is 296 g/mol. The number of rotatable bonds is 1. The van der Waals surface area contributed by atoms with Crippen molar-refractivity contribution in [3.63, 3.8) is 0 Å². The van der Waals surface area contributed by atoms with E-state index in [9.17, 15) is 13.2 Å². The van der Waals surface area contributed by atoms with Crippen molar-refractivity contribution in [1.82, 2.24) is 4.98 Å². The highest BCUT2D eigenvalue weighted by Gasteiger charge is 2.33. The van der Waals surface area contributed by atoms with Gasteiger partial charge in [0, 0.05) is 7.05 Å². The van der Waals surface area contributed by atoms with E-state index in [-0.39, 0.29) is 5.69 Å². The summed E-state index contributed by atoms with van der Waals surface area (Å²) in [7, 11) is 1.43. The Labute approximate surface area is 86.7 Å². The van der Waals surface area contributed by atoms with E-state index in [1.807, 2.05) is 0 Å². The molecule has 1 heterocycles. The number of halogens is 4.